The van der Waals surface area contributed by atoms with Gasteiger partial charge in [-0.25, -0.2) is 4.79 Å². The Hall–Kier alpha value is -2.56. The van der Waals surface area contributed by atoms with Crippen molar-refractivity contribution in [1.82, 2.24) is 4.98 Å². The van der Waals surface area contributed by atoms with E-state index in [1.54, 1.807) is 24.4 Å². The number of hydrogen-bond acceptors (Lipinski definition) is 5. The standard InChI is InChI=1S/C15H17N3O2/c1-10-4-3-7-17-14(10)9-18-13-8-11(15(19)20-2)5-6-12(13)16/h3-8,18H,9,16H2,1-2H3. The molecule has 0 aliphatic rings. The van der Waals surface area contributed by atoms with E-state index in [1.807, 2.05) is 19.1 Å². The van der Waals surface area contributed by atoms with Crippen molar-refractivity contribution in [2.45, 2.75) is 13.5 Å². The number of nitrogens with zero attached hydrogens (tertiary/aromatic N) is 1. The molecule has 20 heavy (non-hydrogen) atoms. The molecule has 0 aliphatic heterocycles. The molecule has 0 fully saturated rings. The molecule has 2 aromatic rings. The first-order valence-electron chi connectivity index (χ1n) is 6.24. The van der Waals surface area contributed by atoms with Gasteiger partial charge in [-0.15, -0.1) is 0 Å². The zero-order valence-electron chi connectivity index (χ0n) is 11.5. The molecule has 0 unspecified atom stereocenters. The number of aromatic nitrogens is 1. The van der Waals surface area contributed by atoms with Gasteiger partial charge in [-0.3, -0.25) is 4.98 Å². The minimum absolute atomic E-state index is 0.387. The van der Waals surface area contributed by atoms with Crippen molar-refractivity contribution in [3.05, 3.63) is 53.3 Å². The molecule has 0 amide bonds. The monoisotopic (exact) mass is 271 g/mol. The zero-order chi connectivity index (χ0) is 14.5. The van der Waals surface area contributed by atoms with Crippen molar-refractivity contribution < 1.29 is 9.53 Å². The van der Waals surface area contributed by atoms with Crippen LogP contribution in [0.4, 0.5) is 11.4 Å². The first-order valence-corrected chi connectivity index (χ1v) is 6.24. The van der Waals surface area contributed by atoms with Crippen LogP contribution in [0, 0.1) is 6.92 Å². The number of nitrogen functional groups attached to an aromatic ring is 1. The van der Waals surface area contributed by atoms with Crippen molar-refractivity contribution in [2.75, 3.05) is 18.2 Å². The Labute approximate surface area is 117 Å². The highest BCUT2D eigenvalue weighted by Crippen LogP contribution is 2.21. The van der Waals surface area contributed by atoms with Crippen LogP contribution in [0.5, 0.6) is 0 Å². The van der Waals surface area contributed by atoms with Crippen molar-refractivity contribution in [2.24, 2.45) is 0 Å². The first kappa shape index (κ1) is 13.9. The Bertz CT molecular complexity index is 626. The number of rotatable bonds is 4. The molecule has 0 saturated carbocycles. The molecular weight excluding hydrogens is 254 g/mol. The zero-order valence-corrected chi connectivity index (χ0v) is 11.5. The van der Waals surface area contributed by atoms with Gasteiger partial charge in [0.2, 0.25) is 0 Å². The van der Waals surface area contributed by atoms with Crippen LogP contribution < -0.4 is 11.1 Å². The van der Waals surface area contributed by atoms with Crippen molar-refractivity contribution in [3.8, 4) is 0 Å². The number of esters is 1. The molecule has 0 atom stereocenters. The Morgan fingerprint density at radius 1 is 1.40 bits per heavy atom. The molecule has 1 heterocycles. The average Bonchev–Trinajstić information content (AvgIpc) is 2.47. The summed E-state index contributed by atoms with van der Waals surface area (Å²) in [6.45, 7) is 2.54. The lowest BCUT2D eigenvalue weighted by Gasteiger charge is -2.11. The van der Waals surface area contributed by atoms with Gasteiger partial charge < -0.3 is 15.8 Å². The highest BCUT2D eigenvalue weighted by Gasteiger charge is 2.08. The van der Waals surface area contributed by atoms with Gasteiger partial charge >= 0.3 is 5.97 Å². The topological polar surface area (TPSA) is 77.2 Å². The van der Waals surface area contributed by atoms with Gasteiger partial charge in [-0.1, -0.05) is 6.07 Å². The molecule has 0 saturated heterocycles. The van der Waals surface area contributed by atoms with Gasteiger partial charge in [0.05, 0.1) is 36.3 Å². The third-order valence-electron chi connectivity index (χ3n) is 3.04. The lowest BCUT2D eigenvalue weighted by atomic mass is 10.1. The SMILES string of the molecule is COC(=O)c1ccc(N)c(NCc2ncccc2C)c1. The molecule has 104 valence electrons. The minimum Gasteiger partial charge on any atom is -0.465 e. The van der Waals surface area contributed by atoms with E-state index in [4.69, 9.17) is 10.5 Å². The van der Waals surface area contributed by atoms with Crippen LogP contribution in [0.15, 0.2) is 36.5 Å². The molecule has 0 radical (unpaired) electrons. The van der Waals surface area contributed by atoms with E-state index >= 15 is 0 Å². The number of ether oxygens (including phenoxy) is 1. The first-order chi connectivity index (χ1) is 9.61. The molecule has 5 nitrogen and oxygen atoms in total. The third kappa shape index (κ3) is 3.06. The van der Waals surface area contributed by atoms with Crippen molar-refractivity contribution in [1.29, 1.82) is 0 Å². The van der Waals surface area contributed by atoms with Crippen LogP contribution in [0.3, 0.4) is 0 Å². The van der Waals surface area contributed by atoms with Crippen LogP contribution in [0.1, 0.15) is 21.6 Å². The van der Waals surface area contributed by atoms with Crippen LogP contribution in [0.2, 0.25) is 0 Å². The number of hydrogen-bond donors (Lipinski definition) is 2. The Kier molecular flexibility index (Phi) is 4.20. The molecule has 5 heteroatoms. The van der Waals surface area contributed by atoms with E-state index < -0.39 is 0 Å². The molecule has 0 spiro atoms. The molecule has 0 aliphatic carbocycles. The highest BCUT2D eigenvalue weighted by atomic mass is 16.5. The summed E-state index contributed by atoms with van der Waals surface area (Å²) in [5, 5.41) is 3.19. The van der Waals surface area contributed by atoms with E-state index in [-0.39, 0.29) is 5.97 Å². The third-order valence-corrected chi connectivity index (χ3v) is 3.04. The molecule has 3 N–H and O–H groups in total. The predicted molar refractivity (Wildman–Crippen MR) is 78.5 cm³/mol. The maximum atomic E-state index is 11.5. The summed E-state index contributed by atoms with van der Waals surface area (Å²) >= 11 is 0. The molecular formula is C15H17N3O2. The molecule has 0 bridgehead atoms. The number of carbonyl (C=O) groups excluding carboxylic acids is 1. The largest absolute Gasteiger partial charge is 0.465 e. The summed E-state index contributed by atoms with van der Waals surface area (Å²) in [5.41, 5.74) is 9.67. The number of methoxy groups -OCH3 is 1. The van der Waals surface area contributed by atoms with Gasteiger partial charge in [0, 0.05) is 6.20 Å². The van der Waals surface area contributed by atoms with Crippen molar-refractivity contribution >= 4 is 17.3 Å². The Morgan fingerprint density at radius 3 is 2.90 bits per heavy atom. The number of carbonyl (C=O) groups is 1. The molecule has 1 aromatic carbocycles. The maximum absolute atomic E-state index is 11.5. The summed E-state index contributed by atoms with van der Waals surface area (Å²) in [7, 11) is 1.35. The number of aryl methyl sites for hydroxylation is 1. The van der Waals surface area contributed by atoms with Gasteiger partial charge in [-0.2, -0.15) is 0 Å². The number of nitrogens with two attached hydrogens (primary N) is 1. The number of benzene rings is 1. The lowest BCUT2D eigenvalue weighted by molar-refractivity contribution is 0.0601. The van der Waals surface area contributed by atoms with Gasteiger partial charge in [0.25, 0.3) is 0 Å². The normalized spacial score (nSPS) is 10.1. The predicted octanol–water partition coefficient (Wildman–Crippen LogP) is 2.37. The number of nitrogens with one attached hydrogen (secondary N) is 1. The maximum Gasteiger partial charge on any atom is 0.337 e. The van der Waals surface area contributed by atoms with E-state index in [2.05, 4.69) is 10.3 Å². The summed E-state index contributed by atoms with van der Waals surface area (Å²) in [6, 6.07) is 8.89. The van der Waals surface area contributed by atoms with Crippen LogP contribution in [-0.2, 0) is 11.3 Å². The fourth-order valence-corrected chi connectivity index (χ4v) is 1.84. The smallest absolute Gasteiger partial charge is 0.337 e. The molecule has 2 rings (SSSR count). The number of anilines is 2. The lowest BCUT2D eigenvalue weighted by Crippen LogP contribution is -2.08. The fraction of sp³-hybridized carbons (Fsp3) is 0.200. The Balaban J connectivity index is 2.17. The van der Waals surface area contributed by atoms with Gasteiger partial charge in [0.1, 0.15) is 0 Å². The average molecular weight is 271 g/mol. The van der Waals surface area contributed by atoms with E-state index in [9.17, 15) is 4.79 Å². The quantitative estimate of drug-likeness (QED) is 0.659. The van der Waals surface area contributed by atoms with E-state index in [0.717, 1.165) is 11.3 Å². The minimum atomic E-state index is -0.387. The Morgan fingerprint density at radius 2 is 2.20 bits per heavy atom. The summed E-state index contributed by atoms with van der Waals surface area (Å²) in [5.74, 6) is -0.387. The van der Waals surface area contributed by atoms with E-state index in [0.29, 0.717) is 23.5 Å². The number of pyridine rings is 1. The second-order valence-corrected chi connectivity index (χ2v) is 4.41. The van der Waals surface area contributed by atoms with Crippen LogP contribution in [-0.4, -0.2) is 18.1 Å². The second-order valence-electron chi connectivity index (χ2n) is 4.41. The fourth-order valence-electron chi connectivity index (χ4n) is 1.84. The summed E-state index contributed by atoms with van der Waals surface area (Å²) in [4.78, 5) is 15.8. The van der Waals surface area contributed by atoms with Crippen LogP contribution in [0.25, 0.3) is 0 Å². The summed E-state index contributed by atoms with van der Waals surface area (Å²) in [6.07, 6.45) is 1.75. The van der Waals surface area contributed by atoms with Gasteiger partial charge in [0.15, 0.2) is 0 Å². The highest BCUT2D eigenvalue weighted by molar-refractivity contribution is 5.91. The van der Waals surface area contributed by atoms with Crippen molar-refractivity contribution in [3.63, 3.8) is 0 Å². The van der Waals surface area contributed by atoms with Crippen LogP contribution >= 0.6 is 0 Å². The molecule has 1 aromatic heterocycles. The van der Waals surface area contributed by atoms with Gasteiger partial charge in [-0.05, 0) is 36.8 Å². The van der Waals surface area contributed by atoms with E-state index in [1.165, 1.54) is 7.11 Å². The summed E-state index contributed by atoms with van der Waals surface area (Å²) < 4.78 is 4.69. The second kappa shape index (κ2) is 6.06.